The van der Waals surface area contributed by atoms with Gasteiger partial charge in [0.05, 0.1) is 12.1 Å². The van der Waals surface area contributed by atoms with Crippen LogP contribution in [0.15, 0.2) is 42.6 Å². The van der Waals surface area contributed by atoms with E-state index in [4.69, 9.17) is 12.3 Å². The fourth-order valence-corrected chi connectivity index (χ4v) is 4.35. The fourth-order valence-electron chi connectivity index (χ4n) is 4.35. The van der Waals surface area contributed by atoms with Gasteiger partial charge < -0.3 is 10.6 Å². The predicted octanol–water partition coefficient (Wildman–Crippen LogP) is 3.14. The monoisotopic (exact) mass is 458 g/mol. The quantitative estimate of drug-likeness (QED) is 0.474. The molecule has 2 aromatic heterocycles. The maximum Gasteiger partial charge on any atom is 0.244 e. The first-order valence-corrected chi connectivity index (χ1v) is 11.0. The Hall–Kier alpha value is -4.10. The smallest absolute Gasteiger partial charge is 0.244 e. The lowest BCUT2D eigenvalue weighted by atomic mass is 10.0. The summed E-state index contributed by atoms with van der Waals surface area (Å²) in [4.78, 5) is 17.9. The molecule has 1 saturated heterocycles. The molecule has 0 saturated carbocycles. The Labute approximate surface area is 195 Å². The number of nitrogens with two attached hydrogens (primary N) is 1. The lowest BCUT2D eigenvalue weighted by molar-refractivity contribution is -0.133. The number of likely N-dealkylation sites (tertiary alicyclic amines) is 1. The van der Waals surface area contributed by atoms with E-state index in [2.05, 4.69) is 20.3 Å². The van der Waals surface area contributed by atoms with Crippen molar-refractivity contribution in [2.45, 2.75) is 25.4 Å². The first kappa shape index (κ1) is 21.7. The fraction of sp³-hybridized carbons (Fsp3) is 0.292. The van der Waals surface area contributed by atoms with Crippen LogP contribution in [0.1, 0.15) is 12.8 Å². The highest BCUT2D eigenvalue weighted by Crippen LogP contribution is 2.34. The van der Waals surface area contributed by atoms with Gasteiger partial charge in [-0.25, -0.2) is 13.9 Å². The summed E-state index contributed by atoms with van der Waals surface area (Å²) in [6.07, 6.45) is 3.58. The molecule has 2 aromatic carbocycles. The molecule has 34 heavy (non-hydrogen) atoms. The molecule has 4 aromatic rings. The Kier molecular flexibility index (Phi) is 5.55. The highest BCUT2D eigenvalue weighted by molar-refractivity contribution is 5.87. The minimum atomic E-state index is -0.615. The normalized spacial score (nSPS) is 16.1. The van der Waals surface area contributed by atoms with Gasteiger partial charge in [-0.05, 0) is 36.6 Å². The second kappa shape index (κ2) is 8.68. The highest BCUT2D eigenvalue weighted by Gasteiger charge is 2.23. The van der Waals surface area contributed by atoms with Crippen LogP contribution in [0.5, 0.6) is 0 Å². The molecule has 0 spiro atoms. The van der Waals surface area contributed by atoms with E-state index < -0.39 is 5.82 Å². The molecule has 1 fully saturated rings. The minimum Gasteiger partial charge on any atom is -0.340 e. The largest absolute Gasteiger partial charge is 0.340 e. The molecule has 0 radical (unpaired) electrons. The van der Waals surface area contributed by atoms with Gasteiger partial charge in [0.25, 0.3) is 0 Å². The molecule has 2 N–H and O–H groups in total. The molecule has 1 atom stereocenters. The van der Waals surface area contributed by atoms with Crippen molar-refractivity contribution in [3.8, 4) is 22.4 Å². The molecule has 0 unspecified atom stereocenters. The van der Waals surface area contributed by atoms with E-state index in [1.165, 1.54) is 12.1 Å². The third-order valence-electron chi connectivity index (χ3n) is 6.13. The van der Waals surface area contributed by atoms with Gasteiger partial charge in [-0.2, -0.15) is 5.10 Å². The summed E-state index contributed by atoms with van der Waals surface area (Å²) in [6.45, 7) is 8.37. The second-order valence-electron chi connectivity index (χ2n) is 8.53. The molecular formula is C24H23FN8O. The Morgan fingerprint density at radius 2 is 2.09 bits per heavy atom. The lowest BCUT2D eigenvalue weighted by Crippen LogP contribution is -2.46. The van der Waals surface area contributed by atoms with E-state index in [0.29, 0.717) is 29.9 Å². The minimum absolute atomic E-state index is 0.0101. The van der Waals surface area contributed by atoms with Crippen LogP contribution in [0, 0.1) is 12.4 Å². The number of carbonyl (C=O) groups excluding carboxylic acids is 1. The van der Waals surface area contributed by atoms with Crippen LogP contribution < -0.4 is 5.73 Å². The number of amides is 1. The van der Waals surface area contributed by atoms with E-state index >= 15 is 0 Å². The van der Waals surface area contributed by atoms with E-state index in [0.717, 1.165) is 29.5 Å². The highest BCUT2D eigenvalue weighted by atomic mass is 19.1. The summed E-state index contributed by atoms with van der Waals surface area (Å²) >= 11 is 0. The zero-order valence-corrected chi connectivity index (χ0v) is 18.6. The van der Waals surface area contributed by atoms with Gasteiger partial charge in [-0.15, -0.1) is 5.10 Å². The number of rotatable bonds is 4. The first-order chi connectivity index (χ1) is 16.4. The summed E-state index contributed by atoms with van der Waals surface area (Å²) in [5.41, 5.74) is 10.2. The first-order valence-electron chi connectivity index (χ1n) is 11.0. The molecule has 0 bridgehead atoms. The van der Waals surface area contributed by atoms with Crippen molar-refractivity contribution >= 4 is 22.6 Å². The zero-order valence-electron chi connectivity index (χ0n) is 18.6. The Morgan fingerprint density at radius 3 is 2.85 bits per heavy atom. The summed E-state index contributed by atoms with van der Waals surface area (Å²) in [5, 5.41) is 12.9. The summed E-state index contributed by atoms with van der Waals surface area (Å²) in [7, 11) is 1.82. The van der Waals surface area contributed by atoms with Gasteiger partial charge in [0.15, 0.2) is 0 Å². The third kappa shape index (κ3) is 4.02. The summed E-state index contributed by atoms with van der Waals surface area (Å²) < 4.78 is 17.7. The standard InChI is InChI=1S/C24H23FN8O/c1-27-20-7-5-16(10-19(20)25)24-18(15-6-8-22-21(11-15)28-30-31(22)2)13-33(29-24)14-23(34)32-9-3-4-17(26)12-32/h5-8,10-11,13,17H,3-4,9,12,14,26H2,2H3/t17-/m1/s1. The van der Waals surface area contributed by atoms with Crippen molar-refractivity contribution in [2.75, 3.05) is 13.1 Å². The van der Waals surface area contributed by atoms with Crippen molar-refractivity contribution in [1.82, 2.24) is 29.7 Å². The number of fused-ring (bicyclic) bond motifs is 1. The van der Waals surface area contributed by atoms with E-state index in [-0.39, 0.29) is 24.2 Å². The second-order valence-corrected chi connectivity index (χ2v) is 8.53. The van der Waals surface area contributed by atoms with Crippen molar-refractivity contribution in [3.05, 3.63) is 59.8 Å². The molecule has 10 heteroatoms. The van der Waals surface area contributed by atoms with Crippen LogP contribution in [0.2, 0.25) is 0 Å². The van der Waals surface area contributed by atoms with Crippen molar-refractivity contribution in [1.29, 1.82) is 0 Å². The zero-order chi connectivity index (χ0) is 23.8. The van der Waals surface area contributed by atoms with Gasteiger partial charge in [0.1, 0.15) is 23.6 Å². The van der Waals surface area contributed by atoms with Crippen LogP contribution >= 0.6 is 0 Å². The van der Waals surface area contributed by atoms with Gasteiger partial charge in [0.2, 0.25) is 11.6 Å². The molecule has 9 nitrogen and oxygen atoms in total. The average Bonchev–Trinajstić information content (AvgIpc) is 3.42. The van der Waals surface area contributed by atoms with Gasteiger partial charge >= 0.3 is 0 Å². The summed E-state index contributed by atoms with van der Waals surface area (Å²) in [5.74, 6) is -0.676. The van der Waals surface area contributed by atoms with Crippen LogP contribution in [-0.2, 0) is 18.4 Å². The lowest BCUT2D eigenvalue weighted by Gasteiger charge is -2.30. The molecule has 0 aliphatic carbocycles. The number of carbonyl (C=O) groups is 1. The van der Waals surface area contributed by atoms with Crippen LogP contribution in [0.25, 0.3) is 38.3 Å². The number of halogens is 1. The molecule has 1 aliphatic heterocycles. The molecule has 1 amide bonds. The van der Waals surface area contributed by atoms with E-state index in [9.17, 15) is 9.18 Å². The Balaban J connectivity index is 1.55. The number of aryl methyl sites for hydroxylation is 1. The van der Waals surface area contributed by atoms with Crippen molar-refractivity contribution in [3.63, 3.8) is 0 Å². The Bertz CT molecular complexity index is 1430. The summed E-state index contributed by atoms with van der Waals surface area (Å²) in [6, 6.07) is 10.1. The molecular weight excluding hydrogens is 435 g/mol. The Morgan fingerprint density at radius 1 is 1.26 bits per heavy atom. The van der Waals surface area contributed by atoms with Crippen LogP contribution in [0.4, 0.5) is 10.1 Å². The molecule has 1 aliphatic rings. The van der Waals surface area contributed by atoms with Gasteiger partial charge in [-0.1, -0.05) is 23.4 Å². The number of hydrogen-bond acceptors (Lipinski definition) is 5. The van der Waals surface area contributed by atoms with E-state index in [1.807, 2.05) is 25.2 Å². The van der Waals surface area contributed by atoms with Gasteiger partial charge in [0, 0.05) is 43.5 Å². The number of benzene rings is 2. The topological polar surface area (TPSA) is 99.2 Å². The molecule has 3 heterocycles. The third-order valence-corrected chi connectivity index (χ3v) is 6.13. The SMILES string of the molecule is [C-]#[N+]c1ccc(-c2nn(CC(=O)N3CCC[C@@H](N)C3)cc2-c2ccc3c(c2)nnn3C)cc1F. The van der Waals surface area contributed by atoms with Crippen molar-refractivity contribution < 1.29 is 9.18 Å². The average molecular weight is 459 g/mol. The van der Waals surface area contributed by atoms with Crippen molar-refractivity contribution in [2.24, 2.45) is 12.8 Å². The van der Waals surface area contributed by atoms with Crippen LogP contribution in [-0.4, -0.2) is 54.7 Å². The predicted molar refractivity (Wildman–Crippen MR) is 125 cm³/mol. The number of hydrogen-bond donors (Lipinski definition) is 1. The maximum atomic E-state index is 14.4. The van der Waals surface area contributed by atoms with E-state index in [1.54, 1.807) is 26.5 Å². The van der Waals surface area contributed by atoms with Crippen LogP contribution in [0.3, 0.4) is 0 Å². The molecule has 5 rings (SSSR count). The number of nitrogens with zero attached hydrogens (tertiary/aromatic N) is 7. The molecule has 172 valence electrons. The number of piperidine rings is 1. The maximum absolute atomic E-state index is 14.4. The number of aromatic nitrogens is 5. The van der Waals surface area contributed by atoms with Gasteiger partial charge in [-0.3, -0.25) is 9.48 Å².